The highest BCUT2D eigenvalue weighted by molar-refractivity contribution is 6.33. The Kier molecular flexibility index (Phi) is 4.57. The van der Waals surface area contributed by atoms with Gasteiger partial charge < -0.3 is 5.32 Å². The number of nitrogens with one attached hydrogen (secondary N) is 1. The number of amides is 1. The SMILES string of the molecule is Cc1cccc(C)c1NC(=O)Cn1nnc(-c2ccccc2Cl)n1. The van der Waals surface area contributed by atoms with Crippen molar-refractivity contribution in [2.45, 2.75) is 20.4 Å². The molecule has 0 radical (unpaired) electrons. The minimum atomic E-state index is -0.212. The molecule has 0 saturated heterocycles. The van der Waals surface area contributed by atoms with Crippen molar-refractivity contribution in [1.82, 2.24) is 20.2 Å². The number of aromatic nitrogens is 4. The first-order chi connectivity index (χ1) is 11.5. The van der Waals surface area contributed by atoms with E-state index in [1.807, 2.05) is 44.2 Å². The van der Waals surface area contributed by atoms with E-state index in [-0.39, 0.29) is 12.5 Å². The highest BCUT2D eigenvalue weighted by Gasteiger charge is 2.13. The van der Waals surface area contributed by atoms with Gasteiger partial charge in [0, 0.05) is 11.3 Å². The van der Waals surface area contributed by atoms with Crippen molar-refractivity contribution in [3.05, 3.63) is 58.6 Å². The Bertz CT molecular complexity index is 870. The number of hydrogen-bond donors (Lipinski definition) is 1. The molecule has 122 valence electrons. The number of aryl methyl sites for hydroxylation is 2. The molecular formula is C17H16ClN5O. The van der Waals surface area contributed by atoms with E-state index in [1.165, 1.54) is 4.80 Å². The highest BCUT2D eigenvalue weighted by Crippen LogP contribution is 2.23. The minimum Gasteiger partial charge on any atom is -0.324 e. The molecule has 3 aromatic rings. The Hall–Kier alpha value is -2.73. The lowest BCUT2D eigenvalue weighted by molar-refractivity contribution is -0.117. The van der Waals surface area contributed by atoms with Crippen LogP contribution in [0.4, 0.5) is 5.69 Å². The zero-order chi connectivity index (χ0) is 17.1. The summed E-state index contributed by atoms with van der Waals surface area (Å²) >= 11 is 6.12. The van der Waals surface area contributed by atoms with Gasteiger partial charge in [0.15, 0.2) is 0 Å². The summed E-state index contributed by atoms with van der Waals surface area (Å²) in [6.45, 7) is 3.88. The van der Waals surface area contributed by atoms with Crippen LogP contribution in [0, 0.1) is 13.8 Å². The normalized spacial score (nSPS) is 10.6. The number of carbonyl (C=O) groups is 1. The van der Waals surface area contributed by atoms with Crippen LogP contribution in [-0.2, 0) is 11.3 Å². The number of anilines is 1. The van der Waals surface area contributed by atoms with Gasteiger partial charge in [-0.3, -0.25) is 4.79 Å². The van der Waals surface area contributed by atoms with Crippen LogP contribution in [0.1, 0.15) is 11.1 Å². The first kappa shape index (κ1) is 16.1. The molecule has 1 N–H and O–H groups in total. The lowest BCUT2D eigenvalue weighted by atomic mass is 10.1. The quantitative estimate of drug-likeness (QED) is 0.790. The Morgan fingerprint density at radius 2 is 1.83 bits per heavy atom. The summed E-state index contributed by atoms with van der Waals surface area (Å²) in [5, 5.41) is 15.5. The zero-order valence-electron chi connectivity index (χ0n) is 13.3. The lowest BCUT2D eigenvalue weighted by Crippen LogP contribution is -2.21. The molecule has 0 spiro atoms. The summed E-state index contributed by atoms with van der Waals surface area (Å²) in [4.78, 5) is 13.5. The van der Waals surface area contributed by atoms with Crippen LogP contribution in [0.3, 0.4) is 0 Å². The van der Waals surface area contributed by atoms with E-state index in [2.05, 4.69) is 20.7 Å². The molecule has 7 heteroatoms. The maximum Gasteiger partial charge on any atom is 0.248 e. The van der Waals surface area contributed by atoms with Gasteiger partial charge in [-0.2, -0.15) is 4.80 Å². The maximum atomic E-state index is 12.2. The second kappa shape index (κ2) is 6.80. The molecule has 0 fully saturated rings. The number of benzene rings is 2. The number of halogens is 1. The van der Waals surface area contributed by atoms with Crippen molar-refractivity contribution in [2.75, 3.05) is 5.32 Å². The summed E-state index contributed by atoms with van der Waals surface area (Å²) in [5.74, 6) is 0.177. The molecule has 1 aromatic heterocycles. The number of hydrogen-bond acceptors (Lipinski definition) is 4. The van der Waals surface area contributed by atoms with Gasteiger partial charge >= 0.3 is 0 Å². The van der Waals surface area contributed by atoms with E-state index in [0.29, 0.717) is 16.4 Å². The third kappa shape index (κ3) is 3.44. The van der Waals surface area contributed by atoms with Gasteiger partial charge in [0.1, 0.15) is 6.54 Å². The average molecular weight is 342 g/mol. The monoisotopic (exact) mass is 341 g/mol. The van der Waals surface area contributed by atoms with Crippen LogP contribution in [0.25, 0.3) is 11.4 Å². The predicted molar refractivity (Wildman–Crippen MR) is 92.8 cm³/mol. The Morgan fingerprint density at radius 3 is 2.54 bits per heavy atom. The molecular weight excluding hydrogens is 326 g/mol. The van der Waals surface area contributed by atoms with Gasteiger partial charge in [-0.25, -0.2) is 0 Å². The summed E-state index contributed by atoms with van der Waals surface area (Å²) in [5.41, 5.74) is 3.51. The molecule has 1 amide bonds. The van der Waals surface area contributed by atoms with Gasteiger partial charge in [0.2, 0.25) is 11.7 Å². The zero-order valence-corrected chi connectivity index (χ0v) is 14.1. The molecule has 1 heterocycles. The van der Waals surface area contributed by atoms with Gasteiger partial charge in [-0.05, 0) is 42.3 Å². The second-order valence-corrected chi connectivity index (χ2v) is 5.85. The molecule has 0 saturated carbocycles. The molecule has 0 aliphatic rings. The Morgan fingerprint density at radius 1 is 1.12 bits per heavy atom. The molecule has 0 bridgehead atoms. The van der Waals surface area contributed by atoms with Crippen LogP contribution in [-0.4, -0.2) is 26.1 Å². The number of tetrazole rings is 1. The molecule has 2 aromatic carbocycles. The predicted octanol–water partition coefficient (Wildman–Crippen LogP) is 3.25. The number of nitrogens with zero attached hydrogens (tertiary/aromatic N) is 4. The molecule has 0 unspecified atom stereocenters. The van der Waals surface area contributed by atoms with E-state index >= 15 is 0 Å². The summed E-state index contributed by atoms with van der Waals surface area (Å²) in [7, 11) is 0. The largest absolute Gasteiger partial charge is 0.324 e. The van der Waals surface area contributed by atoms with Crippen LogP contribution in [0.2, 0.25) is 5.02 Å². The molecule has 0 aliphatic carbocycles. The third-order valence-corrected chi connectivity index (χ3v) is 3.93. The topological polar surface area (TPSA) is 72.7 Å². The second-order valence-electron chi connectivity index (χ2n) is 5.44. The fourth-order valence-electron chi connectivity index (χ4n) is 2.38. The number of rotatable bonds is 4. The van der Waals surface area contributed by atoms with Crippen molar-refractivity contribution in [3.8, 4) is 11.4 Å². The first-order valence-electron chi connectivity index (χ1n) is 7.43. The van der Waals surface area contributed by atoms with Gasteiger partial charge in [-0.1, -0.05) is 41.9 Å². The minimum absolute atomic E-state index is 0.0226. The van der Waals surface area contributed by atoms with E-state index in [1.54, 1.807) is 12.1 Å². The molecule has 24 heavy (non-hydrogen) atoms. The molecule has 6 nitrogen and oxygen atoms in total. The van der Waals surface area contributed by atoms with Gasteiger partial charge in [0.25, 0.3) is 0 Å². The van der Waals surface area contributed by atoms with Crippen LogP contribution in [0.5, 0.6) is 0 Å². The Balaban J connectivity index is 1.73. The van der Waals surface area contributed by atoms with Crippen LogP contribution < -0.4 is 5.32 Å². The molecule has 0 atom stereocenters. The van der Waals surface area contributed by atoms with E-state index in [4.69, 9.17) is 11.6 Å². The average Bonchev–Trinajstić information content (AvgIpc) is 3.00. The fraction of sp³-hybridized carbons (Fsp3) is 0.176. The molecule has 3 rings (SSSR count). The van der Waals surface area contributed by atoms with Crippen molar-refractivity contribution >= 4 is 23.2 Å². The van der Waals surface area contributed by atoms with E-state index < -0.39 is 0 Å². The highest BCUT2D eigenvalue weighted by atomic mass is 35.5. The third-order valence-electron chi connectivity index (χ3n) is 3.60. The van der Waals surface area contributed by atoms with Crippen molar-refractivity contribution in [2.24, 2.45) is 0 Å². The van der Waals surface area contributed by atoms with E-state index in [0.717, 1.165) is 16.8 Å². The van der Waals surface area contributed by atoms with Gasteiger partial charge in [0.05, 0.1) is 5.02 Å². The lowest BCUT2D eigenvalue weighted by Gasteiger charge is -2.10. The maximum absolute atomic E-state index is 12.2. The van der Waals surface area contributed by atoms with Crippen molar-refractivity contribution in [1.29, 1.82) is 0 Å². The first-order valence-corrected chi connectivity index (χ1v) is 7.81. The molecule has 0 aliphatic heterocycles. The summed E-state index contributed by atoms with van der Waals surface area (Å²) < 4.78 is 0. The fourth-order valence-corrected chi connectivity index (χ4v) is 2.60. The van der Waals surface area contributed by atoms with E-state index in [9.17, 15) is 4.79 Å². The Labute approximate surface area is 144 Å². The van der Waals surface area contributed by atoms with Crippen LogP contribution >= 0.6 is 11.6 Å². The van der Waals surface area contributed by atoms with Crippen LogP contribution in [0.15, 0.2) is 42.5 Å². The summed E-state index contributed by atoms with van der Waals surface area (Å²) in [6, 6.07) is 13.1. The van der Waals surface area contributed by atoms with Crippen molar-refractivity contribution < 1.29 is 4.79 Å². The van der Waals surface area contributed by atoms with Gasteiger partial charge in [-0.15, -0.1) is 10.2 Å². The number of carbonyl (C=O) groups excluding carboxylic acids is 1. The standard InChI is InChI=1S/C17H16ClN5O/c1-11-6-5-7-12(2)16(11)19-15(24)10-23-21-17(20-22-23)13-8-3-4-9-14(13)18/h3-9H,10H2,1-2H3,(H,19,24). The summed E-state index contributed by atoms with van der Waals surface area (Å²) in [6.07, 6.45) is 0. The van der Waals surface area contributed by atoms with Crippen molar-refractivity contribution in [3.63, 3.8) is 0 Å². The smallest absolute Gasteiger partial charge is 0.248 e. The number of para-hydroxylation sites is 1.